The average molecular weight is 237 g/mol. The highest BCUT2D eigenvalue weighted by molar-refractivity contribution is 9.09. The molecule has 0 amide bonds. The minimum atomic E-state index is -4.19. The van der Waals surface area contributed by atoms with E-state index in [1.165, 1.54) is 15.9 Å². The molecule has 0 saturated heterocycles. The third-order valence-electron chi connectivity index (χ3n) is 0.301. The third-order valence-corrected chi connectivity index (χ3v) is 0.301. The number of carboxylic acid groups (broad SMARTS) is 1. The normalized spacial score (nSPS) is 9.55. The number of ketones is 1. The molecule has 0 aromatic carbocycles. The molecule has 0 aliphatic heterocycles. The van der Waals surface area contributed by atoms with Gasteiger partial charge in [-0.2, -0.15) is 13.2 Å². The van der Waals surface area contributed by atoms with Crippen LogP contribution in [0.3, 0.4) is 0 Å². The zero-order chi connectivity index (χ0) is 9.65. The van der Waals surface area contributed by atoms with Gasteiger partial charge < -0.3 is 5.11 Å². The van der Waals surface area contributed by atoms with E-state index in [-0.39, 0.29) is 0 Å². The lowest BCUT2D eigenvalue weighted by atomic mass is 10.5. The topological polar surface area (TPSA) is 54.4 Å². The van der Waals surface area contributed by atoms with Gasteiger partial charge in [-0.05, 0) is 0 Å². The molecule has 0 aromatic rings. The summed E-state index contributed by atoms with van der Waals surface area (Å²) in [6.45, 7) is 1.00. The Morgan fingerprint density at radius 1 is 1.36 bits per heavy atom. The van der Waals surface area contributed by atoms with Gasteiger partial charge in [0.05, 0.1) is 0 Å². The fourth-order valence-corrected chi connectivity index (χ4v) is 0. The number of carbonyl (C=O) groups is 2. The molecule has 7 heteroatoms. The number of hydrogen-bond donors (Lipinski definition) is 1. The van der Waals surface area contributed by atoms with Crippen LogP contribution in [0.15, 0.2) is 0 Å². The molecule has 0 atom stereocenters. The highest BCUT2D eigenvalue weighted by Crippen LogP contribution is 2.21. The monoisotopic (exact) mass is 236 g/mol. The number of aliphatic carboxylic acids is 1. The molecule has 66 valence electrons. The smallest absolute Gasteiger partial charge is 0.448 e. The van der Waals surface area contributed by atoms with Crippen LogP contribution >= 0.6 is 15.9 Å². The van der Waals surface area contributed by atoms with Gasteiger partial charge in [0.15, 0.2) is 0 Å². The van der Waals surface area contributed by atoms with Crippen molar-refractivity contribution in [1.82, 2.24) is 0 Å². The van der Waals surface area contributed by atoms with Crippen LogP contribution in [0.2, 0.25) is 0 Å². The molecule has 0 radical (unpaired) electrons. The van der Waals surface area contributed by atoms with Crippen LogP contribution < -0.4 is 0 Å². The molecule has 3 nitrogen and oxygen atoms in total. The van der Waals surface area contributed by atoms with Gasteiger partial charge in [0.2, 0.25) is 5.78 Å². The maximum absolute atomic E-state index is 10.3. The van der Waals surface area contributed by atoms with Crippen molar-refractivity contribution >= 4 is 27.7 Å². The molecule has 0 aliphatic rings. The maximum Gasteiger partial charge on any atom is 0.448 e. The second kappa shape index (κ2) is 5.11. The zero-order valence-corrected chi connectivity index (χ0v) is 6.86. The Labute approximate surface area is 68.3 Å². The quantitative estimate of drug-likeness (QED) is 0.556. The van der Waals surface area contributed by atoms with E-state index in [9.17, 15) is 22.8 Å². The van der Waals surface area contributed by atoms with E-state index < -0.39 is 16.8 Å². The Kier molecular flexibility index (Phi) is 6.06. The Balaban J connectivity index is 0. The van der Waals surface area contributed by atoms with Gasteiger partial charge in [-0.1, -0.05) is 0 Å². The fraction of sp³-hybridized carbons (Fsp3) is 0.500. The highest BCUT2D eigenvalue weighted by Gasteiger charge is 2.19. The van der Waals surface area contributed by atoms with E-state index in [1.54, 1.807) is 0 Å². The van der Waals surface area contributed by atoms with E-state index in [4.69, 9.17) is 5.11 Å². The lowest BCUT2D eigenvalue weighted by Gasteiger charge is -1.85. The first-order chi connectivity index (χ1) is 4.64. The van der Waals surface area contributed by atoms with Gasteiger partial charge in [-0.3, -0.25) is 4.79 Å². The molecule has 0 fully saturated rings. The zero-order valence-electron chi connectivity index (χ0n) is 5.28. The summed E-state index contributed by atoms with van der Waals surface area (Å²) in [5, 5.41) is 3.45. The van der Waals surface area contributed by atoms with E-state index in [1.807, 2.05) is 0 Å². The third kappa shape index (κ3) is 44.4. The lowest BCUT2D eigenvalue weighted by Crippen LogP contribution is -2.05. The first-order valence-electron chi connectivity index (χ1n) is 2.14. The molecule has 11 heavy (non-hydrogen) atoms. The van der Waals surface area contributed by atoms with E-state index in [0.29, 0.717) is 0 Å². The minimum Gasteiger partial charge on any atom is -0.476 e. The van der Waals surface area contributed by atoms with Gasteiger partial charge in [0.25, 0.3) is 0 Å². The Bertz CT molecular complexity index is 135. The summed E-state index contributed by atoms with van der Waals surface area (Å²) in [5.74, 6) is -2.20. The second-order valence-corrected chi connectivity index (χ2v) is 2.19. The van der Waals surface area contributed by atoms with E-state index in [0.717, 1.165) is 6.92 Å². The molecule has 0 spiro atoms. The summed E-state index contributed by atoms with van der Waals surface area (Å²) in [6, 6.07) is 0. The number of carboxylic acids is 1. The van der Waals surface area contributed by atoms with Crippen LogP contribution in [0, 0.1) is 0 Å². The molecule has 0 aliphatic carbocycles. The summed E-state index contributed by atoms with van der Waals surface area (Å²) in [4.78, 5) is 18.9. The van der Waals surface area contributed by atoms with Crippen molar-refractivity contribution in [1.29, 1.82) is 0 Å². The maximum atomic E-state index is 10.3. The minimum absolute atomic E-state index is 0.824. The van der Waals surface area contributed by atoms with Crippen LogP contribution in [0.1, 0.15) is 6.92 Å². The number of Topliss-reactive ketones (excluding diaryl/α,β-unsaturated/α-hetero) is 1. The van der Waals surface area contributed by atoms with Crippen molar-refractivity contribution in [3.05, 3.63) is 0 Å². The Hall–Kier alpha value is -0.590. The first-order valence-corrected chi connectivity index (χ1v) is 2.93. The summed E-state index contributed by atoms with van der Waals surface area (Å²) < 4.78 is 30.8. The standard InChI is InChI=1S/C3H4O3.CBrF3/c1-2(4)3(5)6;2-1(3,4)5/h1H3,(H,5,6);. The molecule has 0 unspecified atom stereocenters. The predicted octanol–water partition coefficient (Wildman–Crippen LogP) is 1.56. The number of alkyl halides is 4. The van der Waals surface area contributed by atoms with Crippen LogP contribution in [0.5, 0.6) is 0 Å². The van der Waals surface area contributed by atoms with Crippen molar-refractivity contribution in [2.24, 2.45) is 0 Å². The summed E-state index contributed by atoms with van der Waals surface area (Å²) in [7, 11) is 0. The molecular weight excluding hydrogens is 233 g/mol. The number of halogens is 4. The SMILES string of the molecule is CC(=O)C(=O)O.FC(F)(F)Br. The first kappa shape index (κ1) is 13.0. The summed E-state index contributed by atoms with van der Waals surface area (Å²) >= 11 is 1.38. The molecule has 0 aromatic heterocycles. The van der Waals surface area contributed by atoms with Crippen molar-refractivity contribution in [3.8, 4) is 0 Å². The molecule has 1 N–H and O–H groups in total. The largest absolute Gasteiger partial charge is 0.476 e. The Morgan fingerprint density at radius 3 is 1.45 bits per heavy atom. The van der Waals surface area contributed by atoms with Gasteiger partial charge in [0.1, 0.15) is 0 Å². The van der Waals surface area contributed by atoms with Crippen LogP contribution in [0.25, 0.3) is 0 Å². The number of rotatable bonds is 1. The molecule has 0 heterocycles. The number of hydrogen-bond acceptors (Lipinski definition) is 2. The van der Waals surface area contributed by atoms with Gasteiger partial charge in [-0.25, -0.2) is 4.79 Å². The average Bonchev–Trinajstić information content (AvgIpc) is 1.59. The van der Waals surface area contributed by atoms with E-state index >= 15 is 0 Å². The van der Waals surface area contributed by atoms with Gasteiger partial charge in [0, 0.05) is 22.9 Å². The van der Waals surface area contributed by atoms with Crippen molar-refractivity contribution < 1.29 is 27.9 Å². The van der Waals surface area contributed by atoms with E-state index in [2.05, 4.69) is 0 Å². The van der Waals surface area contributed by atoms with Crippen LogP contribution in [0.4, 0.5) is 13.2 Å². The predicted molar refractivity (Wildman–Crippen MR) is 33.3 cm³/mol. The van der Waals surface area contributed by atoms with Crippen molar-refractivity contribution in [2.75, 3.05) is 0 Å². The molecule has 0 rings (SSSR count). The number of carbonyl (C=O) groups excluding carboxylic acids is 1. The van der Waals surface area contributed by atoms with Crippen LogP contribution in [-0.4, -0.2) is 21.9 Å². The van der Waals surface area contributed by atoms with Crippen molar-refractivity contribution in [2.45, 2.75) is 12.0 Å². The Morgan fingerprint density at radius 2 is 1.45 bits per heavy atom. The summed E-state index contributed by atoms with van der Waals surface area (Å²) in [5.41, 5.74) is 0. The molecule has 0 bridgehead atoms. The molecular formula is C4H4BrF3O3. The lowest BCUT2D eigenvalue weighted by molar-refractivity contribution is -0.148. The van der Waals surface area contributed by atoms with Crippen molar-refractivity contribution in [3.63, 3.8) is 0 Å². The highest BCUT2D eigenvalue weighted by atomic mass is 79.9. The summed E-state index contributed by atoms with van der Waals surface area (Å²) in [6.07, 6.45) is 0. The second-order valence-electron chi connectivity index (χ2n) is 1.29. The van der Waals surface area contributed by atoms with Gasteiger partial charge in [-0.15, -0.1) is 0 Å². The fourth-order valence-electron chi connectivity index (χ4n) is 0. The van der Waals surface area contributed by atoms with Gasteiger partial charge >= 0.3 is 11.1 Å². The molecule has 0 saturated carbocycles. The van der Waals surface area contributed by atoms with Crippen LogP contribution in [-0.2, 0) is 9.59 Å².